The third kappa shape index (κ3) is 8.24. The lowest BCUT2D eigenvalue weighted by Gasteiger charge is -2.19. The van der Waals surface area contributed by atoms with Crippen molar-refractivity contribution in [3.8, 4) is 5.75 Å². The maximum Gasteiger partial charge on any atom is 0.303 e. The number of benzene rings is 1. The van der Waals surface area contributed by atoms with Crippen molar-refractivity contribution in [3.63, 3.8) is 0 Å². The Morgan fingerprint density at radius 1 is 1.09 bits per heavy atom. The number of hydrogen-bond donors (Lipinski definition) is 2. The topological polar surface area (TPSA) is 75.6 Å². The molecule has 0 saturated heterocycles. The molecule has 0 saturated carbocycles. The van der Waals surface area contributed by atoms with Crippen molar-refractivity contribution in [2.45, 2.75) is 51.9 Å². The van der Waals surface area contributed by atoms with Crippen molar-refractivity contribution in [1.82, 2.24) is 5.32 Å². The standard InChI is InChI=1S/C18H27NO4/c1-18(2,3)14-8-10-15(11-9-14)23-13-12-19-16(20)6-4-5-7-17(21)22/h8-11H,4-7,12-13H2,1-3H3,(H,19,20)(H,21,22). The van der Waals surface area contributed by atoms with Crippen LogP contribution < -0.4 is 10.1 Å². The Balaban J connectivity index is 2.17. The second kappa shape index (κ2) is 9.18. The molecule has 1 aromatic carbocycles. The molecule has 0 fully saturated rings. The molecule has 0 heterocycles. The number of carbonyl (C=O) groups is 2. The quantitative estimate of drug-likeness (QED) is 0.685. The van der Waals surface area contributed by atoms with E-state index in [1.807, 2.05) is 12.1 Å². The molecule has 0 unspecified atom stereocenters. The van der Waals surface area contributed by atoms with Crippen molar-refractivity contribution >= 4 is 11.9 Å². The summed E-state index contributed by atoms with van der Waals surface area (Å²) in [5.74, 6) is -0.105. The van der Waals surface area contributed by atoms with Gasteiger partial charge >= 0.3 is 5.97 Å². The maximum absolute atomic E-state index is 11.5. The van der Waals surface area contributed by atoms with Crippen LogP contribution in [0.25, 0.3) is 0 Å². The van der Waals surface area contributed by atoms with Gasteiger partial charge in [0.05, 0.1) is 6.54 Å². The van der Waals surface area contributed by atoms with Gasteiger partial charge in [-0.05, 0) is 36.0 Å². The Labute approximate surface area is 138 Å². The van der Waals surface area contributed by atoms with Crippen LogP contribution in [0.2, 0.25) is 0 Å². The maximum atomic E-state index is 11.5. The van der Waals surface area contributed by atoms with Crippen LogP contribution in [-0.4, -0.2) is 30.1 Å². The highest BCUT2D eigenvalue weighted by Crippen LogP contribution is 2.24. The van der Waals surface area contributed by atoms with E-state index in [2.05, 4.69) is 38.2 Å². The largest absolute Gasteiger partial charge is 0.492 e. The number of amides is 1. The molecule has 1 aromatic rings. The molecule has 2 N–H and O–H groups in total. The fourth-order valence-electron chi connectivity index (χ4n) is 2.06. The Hall–Kier alpha value is -2.04. The van der Waals surface area contributed by atoms with Gasteiger partial charge < -0.3 is 15.2 Å². The minimum Gasteiger partial charge on any atom is -0.492 e. The number of unbranched alkanes of at least 4 members (excludes halogenated alkanes) is 1. The van der Waals surface area contributed by atoms with Crippen LogP contribution in [0.3, 0.4) is 0 Å². The zero-order chi connectivity index (χ0) is 17.3. The van der Waals surface area contributed by atoms with E-state index in [4.69, 9.17) is 9.84 Å². The third-order valence-electron chi connectivity index (χ3n) is 3.46. The average Bonchev–Trinajstić information content (AvgIpc) is 2.47. The summed E-state index contributed by atoms with van der Waals surface area (Å²) in [5.41, 5.74) is 1.37. The summed E-state index contributed by atoms with van der Waals surface area (Å²) in [6, 6.07) is 7.98. The van der Waals surface area contributed by atoms with Crippen LogP contribution >= 0.6 is 0 Å². The van der Waals surface area contributed by atoms with Crippen molar-refractivity contribution in [2.75, 3.05) is 13.2 Å². The summed E-state index contributed by atoms with van der Waals surface area (Å²) in [6.45, 7) is 7.34. The van der Waals surface area contributed by atoms with Gasteiger partial charge in [-0.3, -0.25) is 9.59 Å². The molecule has 23 heavy (non-hydrogen) atoms. The molecule has 0 bridgehead atoms. The Morgan fingerprint density at radius 3 is 2.26 bits per heavy atom. The Morgan fingerprint density at radius 2 is 1.70 bits per heavy atom. The molecule has 0 aliphatic carbocycles. The first kappa shape index (κ1) is 19.0. The van der Waals surface area contributed by atoms with Gasteiger partial charge in [-0.25, -0.2) is 0 Å². The highest BCUT2D eigenvalue weighted by atomic mass is 16.5. The van der Waals surface area contributed by atoms with Crippen LogP contribution in [0, 0.1) is 0 Å². The predicted molar refractivity (Wildman–Crippen MR) is 89.8 cm³/mol. The predicted octanol–water partition coefficient (Wildman–Crippen LogP) is 3.12. The van der Waals surface area contributed by atoms with Crippen molar-refractivity contribution in [1.29, 1.82) is 0 Å². The molecule has 1 amide bonds. The van der Waals surface area contributed by atoms with Crippen LogP contribution in [0.1, 0.15) is 52.0 Å². The summed E-state index contributed by atoms with van der Waals surface area (Å²) in [7, 11) is 0. The number of carbonyl (C=O) groups excluding carboxylic acids is 1. The lowest BCUT2D eigenvalue weighted by Crippen LogP contribution is -2.27. The van der Waals surface area contributed by atoms with Gasteiger partial charge in [0.15, 0.2) is 0 Å². The van der Waals surface area contributed by atoms with E-state index >= 15 is 0 Å². The summed E-state index contributed by atoms with van der Waals surface area (Å²) in [4.78, 5) is 21.9. The molecule has 0 spiro atoms. The van der Waals surface area contributed by atoms with Gasteiger partial charge in [0, 0.05) is 12.8 Å². The lowest BCUT2D eigenvalue weighted by molar-refractivity contribution is -0.137. The molecule has 0 aliphatic rings. The normalized spacial score (nSPS) is 11.1. The number of hydrogen-bond acceptors (Lipinski definition) is 3. The number of carboxylic acids is 1. The molecule has 5 nitrogen and oxygen atoms in total. The van der Waals surface area contributed by atoms with Crippen molar-refractivity contribution in [2.24, 2.45) is 0 Å². The van der Waals surface area contributed by atoms with Crippen molar-refractivity contribution in [3.05, 3.63) is 29.8 Å². The SMILES string of the molecule is CC(C)(C)c1ccc(OCCNC(=O)CCCCC(=O)O)cc1. The molecule has 128 valence electrons. The van der Waals surface area contributed by atoms with E-state index in [0.29, 0.717) is 32.4 Å². The summed E-state index contributed by atoms with van der Waals surface area (Å²) in [5, 5.41) is 11.3. The molecule has 0 aromatic heterocycles. The van der Waals surface area contributed by atoms with E-state index in [1.165, 1.54) is 5.56 Å². The first-order valence-electron chi connectivity index (χ1n) is 8.01. The monoisotopic (exact) mass is 321 g/mol. The fraction of sp³-hybridized carbons (Fsp3) is 0.556. The van der Waals surface area contributed by atoms with E-state index in [-0.39, 0.29) is 17.7 Å². The molecule has 5 heteroatoms. The number of rotatable bonds is 9. The molecule has 0 radical (unpaired) electrons. The first-order valence-corrected chi connectivity index (χ1v) is 8.01. The Kier molecular flexibility index (Phi) is 7.59. The third-order valence-corrected chi connectivity index (χ3v) is 3.46. The zero-order valence-electron chi connectivity index (χ0n) is 14.2. The van der Waals surface area contributed by atoms with E-state index in [1.54, 1.807) is 0 Å². The highest BCUT2D eigenvalue weighted by Gasteiger charge is 2.12. The van der Waals surface area contributed by atoms with Crippen LogP contribution in [0.5, 0.6) is 5.75 Å². The lowest BCUT2D eigenvalue weighted by atomic mass is 9.87. The molecular formula is C18H27NO4. The van der Waals surface area contributed by atoms with Gasteiger partial charge in [-0.2, -0.15) is 0 Å². The zero-order valence-corrected chi connectivity index (χ0v) is 14.2. The second-order valence-electron chi connectivity index (χ2n) is 6.57. The first-order chi connectivity index (χ1) is 10.8. The molecular weight excluding hydrogens is 294 g/mol. The number of nitrogens with one attached hydrogen (secondary N) is 1. The number of carboxylic acid groups (broad SMARTS) is 1. The van der Waals surface area contributed by atoms with Crippen LogP contribution in [-0.2, 0) is 15.0 Å². The van der Waals surface area contributed by atoms with Crippen molar-refractivity contribution < 1.29 is 19.4 Å². The second-order valence-corrected chi connectivity index (χ2v) is 6.57. The minimum absolute atomic E-state index is 0.0675. The van der Waals surface area contributed by atoms with Gasteiger partial charge in [0.1, 0.15) is 12.4 Å². The van der Waals surface area contributed by atoms with E-state index in [0.717, 1.165) is 5.75 Å². The van der Waals surface area contributed by atoms with Gasteiger partial charge in [0.2, 0.25) is 5.91 Å². The minimum atomic E-state index is -0.823. The number of aliphatic carboxylic acids is 1. The summed E-state index contributed by atoms with van der Waals surface area (Å²) >= 11 is 0. The average molecular weight is 321 g/mol. The van der Waals surface area contributed by atoms with E-state index < -0.39 is 5.97 Å². The van der Waals surface area contributed by atoms with Crippen LogP contribution in [0.15, 0.2) is 24.3 Å². The van der Waals surface area contributed by atoms with Gasteiger partial charge in [-0.1, -0.05) is 32.9 Å². The van der Waals surface area contributed by atoms with Crippen LogP contribution in [0.4, 0.5) is 0 Å². The van der Waals surface area contributed by atoms with Gasteiger partial charge in [-0.15, -0.1) is 0 Å². The molecule has 1 rings (SSSR count). The Bertz CT molecular complexity index is 503. The van der Waals surface area contributed by atoms with E-state index in [9.17, 15) is 9.59 Å². The summed E-state index contributed by atoms with van der Waals surface area (Å²) < 4.78 is 5.59. The highest BCUT2D eigenvalue weighted by molar-refractivity contribution is 5.75. The van der Waals surface area contributed by atoms with Gasteiger partial charge in [0.25, 0.3) is 0 Å². The molecule has 0 atom stereocenters. The number of ether oxygens (including phenoxy) is 1. The summed E-state index contributed by atoms with van der Waals surface area (Å²) in [6.07, 6.45) is 1.58. The fourth-order valence-corrected chi connectivity index (χ4v) is 2.06. The smallest absolute Gasteiger partial charge is 0.303 e. The molecule has 0 aliphatic heterocycles.